The van der Waals surface area contributed by atoms with Crippen molar-refractivity contribution >= 4 is 28.8 Å². The maximum atomic E-state index is 13.6. The third kappa shape index (κ3) is 5.80. The van der Waals surface area contributed by atoms with E-state index in [0.29, 0.717) is 6.54 Å². The fourth-order valence-electron chi connectivity index (χ4n) is 2.29. The van der Waals surface area contributed by atoms with Crippen molar-refractivity contribution in [3.63, 3.8) is 0 Å². The van der Waals surface area contributed by atoms with E-state index in [4.69, 9.17) is 0 Å². The van der Waals surface area contributed by atoms with Crippen molar-refractivity contribution in [3.8, 4) is 0 Å². The summed E-state index contributed by atoms with van der Waals surface area (Å²) in [6.45, 7) is 1.88. The number of halogens is 3. The number of nitrogens with one attached hydrogen (secondary N) is 2. The van der Waals surface area contributed by atoms with Crippen LogP contribution in [0.4, 0.5) is 18.9 Å². The number of likely N-dealkylation sites (N-methyl/N-ethyl adjacent to an activating group) is 1. The van der Waals surface area contributed by atoms with Crippen LogP contribution in [0.1, 0.15) is 11.8 Å². The van der Waals surface area contributed by atoms with E-state index >= 15 is 0 Å². The van der Waals surface area contributed by atoms with E-state index in [1.54, 1.807) is 25.3 Å². The van der Waals surface area contributed by atoms with Gasteiger partial charge >= 0.3 is 0 Å². The average molecular weight is 399 g/mol. The van der Waals surface area contributed by atoms with Crippen LogP contribution in [0.15, 0.2) is 29.6 Å². The second-order valence-electron chi connectivity index (χ2n) is 5.98. The van der Waals surface area contributed by atoms with Gasteiger partial charge in [-0.15, -0.1) is 11.3 Å². The van der Waals surface area contributed by atoms with Crippen LogP contribution >= 0.6 is 11.3 Å². The molecule has 1 atom stereocenters. The minimum absolute atomic E-state index is 0.224. The summed E-state index contributed by atoms with van der Waals surface area (Å²) in [5, 5.41) is 6.92. The van der Waals surface area contributed by atoms with Gasteiger partial charge in [-0.25, -0.2) is 13.2 Å². The molecule has 0 bridgehead atoms. The Kier molecular flexibility index (Phi) is 7.37. The Labute approximate surface area is 159 Å². The number of hydrogen-bond acceptors (Lipinski definition) is 4. The minimum Gasteiger partial charge on any atom is -0.354 e. The molecule has 5 nitrogen and oxygen atoms in total. The van der Waals surface area contributed by atoms with Gasteiger partial charge in [0, 0.05) is 11.4 Å². The maximum absolute atomic E-state index is 13.6. The lowest BCUT2D eigenvalue weighted by Crippen LogP contribution is -2.46. The van der Waals surface area contributed by atoms with Gasteiger partial charge in [-0.2, -0.15) is 0 Å². The van der Waals surface area contributed by atoms with E-state index in [9.17, 15) is 22.8 Å². The highest BCUT2D eigenvalue weighted by atomic mass is 32.1. The molecule has 0 spiro atoms. The lowest BCUT2D eigenvalue weighted by atomic mass is 10.2. The maximum Gasteiger partial charge on any atom is 0.238 e. The molecule has 0 aliphatic rings. The molecule has 1 heterocycles. The summed E-state index contributed by atoms with van der Waals surface area (Å²) in [6, 6.07) is 4.98. The number of rotatable bonds is 8. The zero-order chi connectivity index (χ0) is 20.0. The van der Waals surface area contributed by atoms with E-state index in [1.807, 2.05) is 17.5 Å². The zero-order valence-corrected chi connectivity index (χ0v) is 15.7. The number of thiophene rings is 1. The van der Waals surface area contributed by atoms with Crippen LogP contribution in [-0.4, -0.2) is 42.9 Å². The number of amides is 2. The molecule has 2 N–H and O–H groups in total. The molecule has 0 radical (unpaired) electrons. The molecule has 0 aliphatic heterocycles. The second kappa shape index (κ2) is 9.52. The fourth-order valence-corrected chi connectivity index (χ4v) is 3.00. The first kappa shape index (κ1) is 20.9. The zero-order valence-electron chi connectivity index (χ0n) is 14.9. The first-order chi connectivity index (χ1) is 12.8. The van der Waals surface area contributed by atoms with Crippen molar-refractivity contribution in [2.45, 2.75) is 19.4 Å². The third-order valence-corrected chi connectivity index (χ3v) is 4.93. The number of hydrogen-bond donors (Lipinski definition) is 2. The summed E-state index contributed by atoms with van der Waals surface area (Å²) in [6.07, 6.45) is 0.718. The summed E-state index contributed by atoms with van der Waals surface area (Å²) in [5.74, 6) is -5.36. The fraction of sp³-hybridized carbons (Fsp3) is 0.333. The second-order valence-corrected chi connectivity index (χ2v) is 7.01. The van der Waals surface area contributed by atoms with Crippen LogP contribution < -0.4 is 10.6 Å². The molecule has 2 rings (SSSR count). The normalized spacial score (nSPS) is 12.1. The summed E-state index contributed by atoms with van der Waals surface area (Å²) >= 11 is 1.61. The van der Waals surface area contributed by atoms with Gasteiger partial charge in [0.15, 0.2) is 17.5 Å². The Morgan fingerprint density at radius 2 is 1.93 bits per heavy atom. The van der Waals surface area contributed by atoms with E-state index in [0.717, 1.165) is 23.4 Å². The predicted octanol–water partition coefficient (Wildman–Crippen LogP) is 2.78. The quantitative estimate of drug-likeness (QED) is 0.671. The SMILES string of the molecule is C[C@@H](C(=O)NCCc1cccs1)N(C)CC(=O)Nc1ccc(F)c(F)c1F. The van der Waals surface area contributed by atoms with E-state index in [-0.39, 0.29) is 12.5 Å². The van der Waals surface area contributed by atoms with Crippen LogP contribution in [0, 0.1) is 17.5 Å². The number of nitrogens with zero attached hydrogens (tertiary/aromatic N) is 1. The summed E-state index contributed by atoms with van der Waals surface area (Å²) in [5.41, 5.74) is -0.458. The molecule has 1 aromatic heterocycles. The molecule has 0 aliphatic carbocycles. The average Bonchev–Trinajstić information content (AvgIpc) is 3.14. The monoisotopic (exact) mass is 399 g/mol. The highest BCUT2D eigenvalue weighted by Gasteiger charge is 2.21. The van der Waals surface area contributed by atoms with Gasteiger partial charge in [-0.05, 0) is 44.0 Å². The number of anilines is 1. The topological polar surface area (TPSA) is 61.4 Å². The lowest BCUT2D eigenvalue weighted by Gasteiger charge is -2.23. The molecule has 0 saturated heterocycles. The van der Waals surface area contributed by atoms with Crippen molar-refractivity contribution < 1.29 is 22.8 Å². The van der Waals surface area contributed by atoms with Gasteiger partial charge in [0.2, 0.25) is 11.8 Å². The van der Waals surface area contributed by atoms with Crippen LogP contribution in [-0.2, 0) is 16.0 Å². The smallest absolute Gasteiger partial charge is 0.238 e. The Hall–Kier alpha value is -2.39. The highest BCUT2D eigenvalue weighted by Crippen LogP contribution is 2.19. The van der Waals surface area contributed by atoms with Crippen LogP contribution in [0.25, 0.3) is 0 Å². The first-order valence-electron chi connectivity index (χ1n) is 8.23. The summed E-state index contributed by atoms with van der Waals surface area (Å²) < 4.78 is 39.7. The lowest BCUT2D eigenvalue weighted by molar-refractivity contribution is -0.126. The van der Waals surface area contributed by atoms with Gasteiger partial charge in [0.25, 0.3) is 0 Å². The standard InChI is InChI=1S/C18H20F3N3O2S/c1-11(18(26)22-8-7-12-4-3-9-27-12)24(2)10-15(25)23-14-6-5-13(19)16(20)17(14)21/h3-6,9,11H,7-8,10H2,1-2H3,(H,22,26)(H,23,25)/t11-/m0/s1. The molecule has 27 heavy (non-hydrogen) atoms. The van der Waals surface area contributed by atoms with Crippen molar-refractivity contribution in [2.75, 3.05) is 25.5 Å². The number of carbonyl (C=O) groups is 2. The predicted molar refractivity (Wildman–Crippen MR) is 98.1 cm³/mol. The Balaban J connectivity index is 1.82. The van der Waals surface area contributed by atoms with E-state index < -0.39 is 35.1 Å². The molecular weight excluding hydrogens is 379 g/mol. The van der Waals surface area contributed by atoms with Crippen LogP contribution in [0.3, 0.4) is 0 Å². The Bertz CT molecular complexity index is 799. The largest absolute Gasteiger partial charge is 0.354 e. The van der Waals surface area contributed by atoms with Crippen molar-refractivity contribution in [3.05, 3.63) is 52.0 Å². The molecule has 146 valence electrons. The van der Waals surface area contributed by atoms with Gasteiger partial charge < -0.3 is 10.6 Å². The number of benzene rings is 1. The highest BCUT2D eigenvalue weighted by molar-refractivity contribution is 7.09. The minimum atomic E-state index is -1.65. The van der Waals surface area contributed by atoms with Crippen LogP contribution in [0.5, 0.6) is 0 Å². The van der Waals surface area contributed by atoms with Crippen molar-refractivity contribution in [1.82, 2.24) is 10.2 Å². The van der Waals surface area contributed by atoms with Gasteiger partial charge in [0.05, 0.1) is 18.3 Å². The Morgan fingerprint density at radius 3 is 2.59 bits per heavy atom. The molecule has 0 fully saturated rings. The Morgan fingerprint density at radius 1 is 1.19 bits per heavy atom. The van der Waals surface area contributed by atoms with Gasteiger partial charge in [-0.3, -0.25) is 14.5 Å². The molecule has 2 amide bonds. The van der Waals surface area contributed by atoms with Gasteiger partial charge in [-0.1, -0.05) is 6.07 Å². The number of carbonyl (C=O) groups excluding carboxylic acids is 2. The third-order valence-electron chi connectivity index (χ3n) is 3.99. The van der Waals surface area contributed by atoms with Crippen LogP contribution in [0.2, 0.25) is 0 Å². The van der Waals surface area contributed by atoms with E-state index in [2.05, 4.69) is 10.6 Å². The molecule has 0 unspecified atom stereocenters. The first-order valence-corrected chi connectivity index (χ1v) is 9.11. The molecule has 9 heteroatoms. The summed E-state index contributed by atoms with van der Waals surface area (Å²) in [7, 11) is 1.56. The summed E-state index contributed by atoms with van der Waals surface area (Å²) in [4.78, 5) is 26.8. The van der Waals surface area contributed by atoms with Gasteiger partial charge in [0.1, 0.15) is 0 Å². The van der Waals surface area contributed by atoms with Crippen molar-refractivity contribution in [2.24, 2.45) is 0 Å². The van der Waals surface area contributed by atoms with E-state index in [1.165, 1.54) is 4.90 Å². The molecule has 2 aromatic rings. The molecule has 0 saturated carbocycles. The molecular formula is C18H20F3N3O2S. The molecule has 1 aromatic carbocycles. The van der Waals surface area contributed by atoms with Crippen molar-refractivity contribution in [1.29, 1.82) is 0 Å².